The Bertz CT molecular complexity index is 872. The van der Waals surface area contributed by atoms with E-state index >= 15 is 0 Å². The minimum absolute atomic E-state index is 0.00742. The number of rotatable bonds is 10. The van der Waals surface area contributed by atoms with E-state index in [0.29, 0.717) is 6.42 Å². The second-order valence-corrected chi connectivity index (χ2v) is 11.3. The van der Waals surface area contributed by atoms with Crippen LogP contribution in [0.2, 0.25) is 0 Å². The predicted molar refractivity (Wildman–Crippen MR) is 117 cm³/mol. The van der Waals surface area contributed by atoms with E-state index in [0.717, 1.165) is 10.6 Å². The molecule has 0 saturated carbocycles. The van der Waals surface area contributed by atoms with Crippen LogP contribution in [-0.2, 0) is 43.9 Å². The minimum Gasteiger partial charge on any atom is -0.469 e. The molecule has 1 aromatic heterocycles. The molecule has 32 heavy (non-hydrogen) atoms. The van der Waals surface area contributed by atoms with E-state index in [9.17, 15) is 18.9 Å². The first-order valence-electron chi connectivity index (χ1n) is 10.3. The largest absolute Gasteiger partial charge is 0.469 e. The summed E-state index contributed by atoms with van der Waals surface area (Å²) < 4.78 is 34.1. The van der Waals surface area contributed by atoms with Crippen molar-refractivity contribution in [2.75, 3.05) is 33.0 Å². The highest BCUT2D eigenvalue weighted by Gasteiger charge is 2.48. The number of ether oxygens (including phenoxy) is 2. The standard InChI is InChI=1S/C20H31N2O8PS/c1-13(19(25)28-9-7-15-14(2)22-12-32-15)10-31(26)29-11-20(3,4)17(30-31)18(24)21-8-6-16(23)27-5/h12-13,17H,6-11H2,1-5H3,(H,21,24)/t13-,17+,31?/m1/s1. The normalized spacial score (nSPS) is 23.2. The molecule has 180 valence electrons. The van der Waals surface area contributed by atoms with Gasteiger partial charge in [-0.1, -0.05) is 20.8 Å². The fraction of sp³-hybridized carbons (Fsp3) is 0.700. The third-order valence-corrected chi connectivity index (χ3v) is 8.07. The zero-order valence-electron chi connectivity index (χ0n) is 19.0. The molecule has 1 unspecified atom stereocenters. The number of esters is 2. The molecule has 10 nitrogen and oxygen atoms in total. The van der Waals surface area contributed by atoms with Gasteiger partial charge in [0.25, 0.3) is 0 Å². The maximum atomic E-state index is 13.2. The van der Waals surface area contributed by atoms with Gasteiger partial charge >= 0.3 is 19.5 Å². The van der Waals surface area contributed by atoms with Gasteiger partial charge in [0.15, 0.2) is 6.10 Å². The van der Waals surface area contributed by atoms with Gasteiger partial charge in [-0.2, -0.15) is 0 Å². The second kappa shape index (κ2) is 11.4. The Morgan fingerprint density at radius 3 is 2.75 bits per heavy atom. The van der Waals surface area contributed by atoms with E-state index in [1.165, 1.54) is 18.4 Å². The average Bonchev–Trinajstić information content (AvgIpc) is 3.14. The number of hydrogen-bond donors (Lipinski definition) is 1. The number of methoxy groups -OCH3 is 1. The van der Waals surface area contributed by atoms with E-state index < -0.39 is 42.9 Å². The maximum Gasteiger partial charge on any atom is 0.332 e. The lowest BCUT2D eigenvalue weighted by atomic mass is 9.87. The van der Waals surface area contributed by atoms with Crippen molar-refractivity contribution in [3.8, 4) is 0 Å². The number of carbonyl (C=O) groups excluding carboxylic acids is 3. The topological polar surface area (TPSA) is 130 Å². The highest BCUT2D eigenvalue weighted by atomic mass is 32.1. The highest BCUT2D eigenvalue weighted by Crippen LogP contribution is 2.57. The Balaban J connectivity index is 1.90. The van der Waals surface area contributed by atoms with Gasteiger partial charge in [0.1, 0.15) is 0 Å². The molecule has 2 rings (SSSR count). The van der Waals surface area contributed by atoms with Crippen LogP contribution in [0.25, 0.3) is 0 Å². The van der Waals surface area contributed by atoms with Crippen LogP contribution in [0.4, 0.5) is 0 Å². The van der Waals surface area contributed by atoms with Gasteiger partial charge in [-0.3, -0.25) is 23.5 Å². The summed E-state index contributed by atoms with van der Waals surface area (Å²) in [5.74, 6) is -2.22. The molecule has 1 aliphatic heterocycles. The Morgan fingerprint density at radius 1 is 1.41 bits per heavy atom. The van der Waals surface area contributed by atoms with Crippen molar-refractivity contribution in [3.05, 3.63) is 16.1 Å². The first kappa shape index (κ1) is 26.4. The Hall–Kier alpha value is -1.81. The first-order chi connectivity index (χ1) is 15.0. The fourth-order valence-electron chi connectivity index (χ4n) is 3.02. The lowest BCUT2D eigenvalue weighted by Crippen LogP contribution is -2.50. The summed E-state index contributed by atoms with van der Waals surface area (Å²) >= 11 is 1.50. The maximum absolute atomic E-state index is 13.2. The fourth-order valence-corrected chi connectivity index (χ4v) is 6.08. The molecule has 1 fully saturated rings. The van der Waals surface area contributed by atoms with Crippen molar-refractivity contribution >= 4 is 36.8 Å². The molecule has 1 aromatic rings. The minimum atomic E-state index is -3.72. The molecule has 0 aromatic carbocycles. The van der Waals surface area contributed by atoms with Crippen LogP contribution < -0.4 is 5.32 Å². The van der Waals surface area contributed by atoms with Crippen LogP contribution in [0.3, 0.4) is 0 Å². The summed E-state index contributed by atoms with van der Waals surface area (Å²) in [6, 6.07) is 0. The molecule has 1 saturated heterocycles. The van der Waals surface area contributed by atoms with Gasteiger partial charge in [-0.25, -0.2) is 4.98 Å². The van der Waals surface area contributed by atoms with Gasteiger partial charge in [-0.15, -0.1) is 11.3 Å². The quantitative estimate of drug-likeness (QED) is 0.388. The number of amides is 1. The summed E-state index contributed by atoms with van der Waals surface area (Å²) in [5.41, 5.74) is 1.90. The van der Waals surface area contributed by atoms with Crippen LogP contribution in [-0.4, -0.2) is 62.0 Å². The van der Waals surface area contributed by atoms with Gasteiger partial charge in [-0.05, 0) is 6.92 Å². The molecule has 12 heteroatoms. The zero-order valence-corrected chi connectivity index (χ0v) is 20.8. The number of nitrogens with zero attached hydrogens (tertiary/aromatic N) is 1. The van der Waals surface area contributed by atoms with Crippen LogP contribution in [0.5, 0.6) is 0 Å². The summed E-state index contributed by atoms with van der Waals surface area (Å²) in [7, 11) is -2.46. The molecular weight excluding hydrogens is 459 g/mol. The molecular formula is C20H31N2O8PS. The summed E-state index contributed by atoms with van der Waals surface area (Å²) in [6.45, 7) is 7.25. The smallest absolute Gasteiger partial charge is 0.332 e. The Labute approximate surface area is 191 Å². The molecule has 0 radical (unpaired) electrons. The monoisotopic (exact) mass is 490 g/mol. The van der Waals surface area contributed by atoms with Crippen molar-refractivity contribution in [1.29, 1.82) is 0 Å². The van der Waals surface area contributed by atoms with Crippen molar-refractivity contribution in [3.63, 3.8) is 0 Å². The van der Waals surface area contributed by atoms with Crippen molar-refractivity contribution in [2.45, 2.75) is 46.6 Å². The summed E-state index contributed by atoms with van der Waals surface area (Å²) in [5, 5.41) is 2.60. The number of carbonyl (C=O) groups is 3. The molecule has 1 N–H and O–H groups in total. The van der Waals surface area contributed by atoms with Crippen LogP contribution in [0, 0.1) is 18.3 Å². The predicted octanol–water partition coefficient (Wildman–Crippen LogP) is 2.49. The van der Waals surface area contributed by atoms with E-state index in [1.807, 2.05) is 6.92 Å². The number of hydrogen-bond acceptors (Lipinski definition) is 10. The molecule has 3 atom stereocenters. The molecule has 0 aliphatic carbocycles. The zero-order chi connectivity index (χ0) is 23.9. The van der Waals surface area contributed by atoms with Crippen LogP contribution in [0.1, 0.15) is 37.8 Å². The third kappa shape index (κ3) is 7.37. The molecule has 1 aliphatic rings. The van der Waals surface area contributed by atoms with Crippen molar-refractivity contribution in [2.24, 2.45) is 11.3 Å². The number of nitrogens with one attached hydrogen (secondary N) is 1. The van der Waals surface area contributed by atoms with Crippen molar-refractivity contribution < 1.29 is 37.5 Å². The average molecular weight is 491 g/mol. The first-order valence-corrected chi connectivity index (χ1v) is 12.9. The lowest BCUT2D eigenvalue weighted by Gasteiger charge is -2.40. The van der Waals surface area contributed by atoms with E-state index in [4.69, 9.17) is 13.8 Å². The Morgan fingerprint density at radius 2 is 2.12 bits per heavy atom. The van der Waals surface area contributed by atoms with E-state index in [1.54, 1.807) is 26.3 Å². The number of thiazole rings is 1. The SMILES string of the molecule is COC(=O)CCNC(=O)[C@@H]1OP(=O)(C[C@@H](C)C(=O)OCCc2scnc2C)OCC1(C)C. The van der Waals surface area contributed by atoms with Gasteiger partial charge < -0.3 is 19.3 Å². The van der Waals surface area contributed by atoms with E-state index in [-0.39, 0.29) is 32.3 Å². The van der Waals surface area contributed by atoms with Gasteiger partial charge in [0.05, 0.1) is 50.0 Å². The molecule has 0 bridgehead atoms. The molecule has 2 heterocycles. The molecule has 0 spiro atoms. The van der Waals surface area contributed by atoms with Crippen molar-refractivity contribution in [1.82, 2.24) is 10.3 Å². The number of aryl methyl sites for hydroxylation is 1. The van der Waals surface area contributed by atoms with E-state index in [2.05, 4.69) is 15.0 Å². The third-order valence-electron chi connectivity index (χ3n) is 5.02. The summed E-state index contributed by atoms with van der Waals surface area (Å²) in [6.07, 6.45) is -0.694. The van der Waals surface area contributed by atoms with Crippen LogP contribution in [0.15, 0.2) is 5.51 Å². The van der Waals surface area contributed by atoms with Gasteiger partial charge in [0.2, 0.25) is 5.91 Å². The number of aromatic nitrogens is 1. The lowest BCUT2D eigenvalue weighted by molar-refractivity contribution is -0.147. The van der Waals surface area contributed by atoms with Crippen LogP contribution >= 0.6 is 18.9 Å². The second-order valence-electron chi connectivity index (χ2n) is 8.34. The Kier molecular flexibility index (Phi) is 9.39. The van der Waals surface area contributed by atoms with Gasteiger partial charge in [0, 0.05) is 23.3 Å². The summed E-state index contributed by atoms with van der Waals surface area (Å²) in [4.78, 5) is 41.4. The molecule has 1 amide bonds. The highest BCUT2D eigenvalue weighted by molar-refractivity contribution is 7.54.